The third kappa shape index (κ3) is 7.11. The van der Waals surface area contributed by atoms with Gasteiger partial charge < -0.3 is 25.4 Å². The zero-order chi connectivity index (χ0) is 29.0. The monoisotopic (exact) mass is 550 g/mol. The SMILES string of the molecule is CC(NC(=O)C1CCCN1C(=O)OC(C)(C)C)C(=O)NC(Cc1ccc(O)cc1)C(=O)N1Cc2ccccc2C1. The average molecular weight is 551 g/mol. The molecule has 40 heavy (non-hydrogen) atoms. The van der Waals surface area contributed by atoms with Crippen LogP contribution in [0.1, 0.15) is 57.2 Å². The van der Waals surface area contributed by atoms with E-state index in [-0.39, 0.29) is 18.1 Å². The first kappa shape index (κ1) is 28.9. The summed E-state index contributed by atoms with van der Waals surface area (Å²) in [6.07, 6.45) is 0.775. The highest BCUT2D eigenvalue weighted by Crippen LogP contribution is 2.24. The highest BCUT2D eigenvalue weighted by molar-refractivity contribution is 5.94. The van der Waals surface area contributed by atoms with Crippen LogP contribution < -0.4 is 10.6 Å². The Bertz CT molecular complexity index is 1230. The summed E-state index contributed by atoms with van der Waals surface area (Å²) in [4.78, 5) is 55.7. The molecule has 0 radical (unpaired) electrons. The van der Waals surface area contributed by atoms with Crippen molar-refractivity contribution in [3.8, 4) is 5.75 Å². The van der Waals surface area contributed by atoms with Crippen LogP contribution in [0.15, 0.2) is 48.5 Å². The molecule has 1 fully saturated rings. The van der Waals surface area contributed by atoms with E-state index in [0.717, 1.165) is 16.7 Å². The Labute approximate surface area is 234 Å². The molecule has 214 valence electrons. The highest BCUT2D eigenvalue weighted by atomic mass is 16.6. The number of nitrogens with zero attached hydrogens (tertiary/aromatic N) is 2. The van der Waals surface area contributed by atoms with Crippen molar-refractivity contribution in [3.63, 3.8) is 0 Å². The van der Waals surface area contributed by atoms with Gasteiger partial charge in [0.05, 0.1) is 0 Å². The van der Waals surface area contributed by atoms with Gasteiger partial charge in [-0.15, -0.1) is 0 Å². The number of nitrogens with one attached hydrogen (secondary N) is 2. The van der Waals surface area contributed by atoms with Gasteiger partial charge in [-0.3, -0.25) is 19.3 Å². The van der Waals surface area contributed by atoms with Gasteiger partial charge in [0.15, 0.2) is 0 Å². The second kappa shape index (κ2) is 12.0. The smallest absolute Gasteiger partial charge is 0.410 e. The van der Waals surface area contributed by atoms with Gasteiger partial charge in [0.25, 0.3) is 0 Å². The molecular weight excluding hydrogens is 512 g/mol. The molecule has 2 aromatic carbocycles. The topological polar surface area (TPSA) is 128 Å². The number of aromatic hydroxyl groups is 1. The Morgan fingerprint density at radius 3 is 2.23 bits per heavy atom. The maximum absolute atomic E-state index is 13.6. The van der Waals surface area contributed by atoms with Gasteiger partial charge in [-0.05, 0) is 69.4 Å². The third-order valence-corrected chi connectivity index (χ3v) is 7.08. The molecule has 0 bridgehead atoms. The number of phenolic OH excluding ortho intramolecular Hbond substituents is 1. The normalized spacial score (nSPS) is 18.1. The van der Waals surface area contributed by atoms with Crippen LogP contribution in [0.5, 0.6) is 5.75 Å². The Hall–Kier alpha value is -4.08. The minimum absolute atomic E-state index is 0.106. The van der Waals surface area contributed by atoms with Gasteiger partial charge in [-0.2, -0.15) is 0 Å². The van der Waals surface area contributed by atoms with Crippen LogP contribution in [0.2, 0.25) is 0 Å². The molecule has 10 heteroatoms. The number of hydrogen-bond donors (Lipinski definition) is 3. The van der Waals surface area contributed by atoms with E-state index in [1.54, 1.807) is 44.7 Å². The lowest BCUT2D eigenvalue weighted by Gasteiger charge is -2.29. The molecule has 0 aromatic heterocycles. The molecule has 10 nitrogen and oxygen atoms in total. The van der Waals surface area contributed by atoms with Crippen LogP contribution in [0, 0.1) is 0 Å². The van der Waals surface area contributed by atoms with Crippen LogP contribution in [-0.2, 0) is 38.6 Å². The minimum atomic E-state index is -0.945. The van der Waals surface area contributed by atoms with Crippen LogP contribution in [0.3, 0.4) is 0 Å². The summed E-state index contributed by atoms with van der Waals surface area (Å²) in [6, 6.07) is 11.7. The number of benzene rings is 2. The second-order valence-electron chi connectivity index (χ2n) is 11.5. The minimum Gasteiger partial charge on any atom is -0.508 e. The Morgan fingerprint density at radius 1 is 1.00 bits per heavy atom. The maximum Gasteiger partial charge on any atom is 0.410 e. The van der Waals surface area contributed by atoms with Gasteiger partial charge in [0, 0.05) is 26.1 Å². The molecule has 0 aliphatic carbocycles. The van der Waals surface area contributed by atoms with E-state index in [2.05, 4.69) is 10.6 Å². The van der Waals surface area contributed by atoms with E-state index in [1.165, 1.54) is 17.0 Å². The molecule has 4 rings (SSSR count). The molecule has 4 amide bonds. The fraction of sp³-hybridized carbons (Fsp3) is 0.467. The van der Waals surface area contributed by atoms with E-state index in [9.17, 15) is 24.3 Å². The van der Waals surface area contributed by atoms with E-state index >= 15 is 0 Å². The van der Waals surface area contributed by atoms with Crippen molar-refractivity contribution >= 4 is 23.8 Å². The number of phenols is 1. The van der Waals surface area contributed by atoms with Crippen molar-refractivity contribution in [3.05, 3.63) is 65.2 Å². The van der Waals surface area contributed by atoms with Crippen LogP contribution in [0.4, 0.5) is 4.79 Å². The number of ether oxygens (including phenoxy) is 1. The number of rotatable bonds is 7. The predicted molar refractivity (Wildman–Crippen MR) is 148 cm³/mol. The molecular formula is C30H38N4O6. The largest absolute Gasteiger partial charge is 0.508 e. The molecule has 0 spiro atoms. The van der Waals surface area contributed by atoms with Gasteiger partial charge >= 0.3 is 6.09 Å². The number of hydrogen-bond acceptors (Lipinski definition) is 6. The van der Waals surface area contributed by atoms with Gasteiger partial charge in [-0.1, -0.05) is 36.4 Å². The van der Waals surface area contributed by atoms with Crippen LogP contribution in [0.25, 0.3) is 0 Å². The van der Waals surface area contributed by atoms with E-state index in [4.69, 9.17) is 4.74 Å². The average Bonchev–Trinajstić information content (AvgIpc) is 3.56. The highest BCUT2D eigenvalue weighted by Gasteiger charge is 2.38. The molecule has 2 heterocycles. The fourth-order valence-corrected chi connectivity index (χ4v) is 5.03. The number of carbonyl (C=O) groups excluding carboxylic acids is 4. The first-order valence-corrected chi connectivity index (χ1v) is 13.6. The summed E-state index contributed by atoms with van der Waals surface area (Å²) >= 11 is 0. The summed E-state index contributed by atoms with van der Waals surface area (Å²) in [5.74, 6) is -1.08. The van der Waals surface area contributed by atoms with E-state index in [0.29, 0.717) is 32.5 Å². The third-order valence-electron chi connectivity index (χ3n) is 7.08. The molecule has 0 saturated carbocycles. The standard InChI is InChI=1S/C30H38N4O6/c1-19(31-27(37)25-10-7-15-34(25)29(39)40-30(2,3)4)26(36)32-24(16-20-11-13-23(35)14-12-20)28(38)33-17-21-8-5-6-9-22(21)18-33/h5-6,8-9,11-14,19,24-25,35H,7,10,15-18H2,1-4H3,(H,31,37)(H,32,36). The molecule has 3 N–H and O–H groups in total. The van der Waals surface area contributed by atoms with Gasteiger partial charge in [-0.25, -0.2) is 4.79 Å². The van der Waals surface area contributed by atoms with Crippen molar-refractivity contribution in [2.45, 2.75) is 83.8 Å². The lowest BCUT2D eigenvalue weighted by atomic mass is 10.0. The van der Waals surface area contributed by atoms with Crippen molar-refractivity contribution in [1.29, 1.82) is 0 Å². The van der Waals surface area contributed by atoms with Crippen molar-refractivity contribution in [2.24, 2.45) is 0 Å². The van der Waals surface area contributed by atoms with Crippen LogP contribution in [-0.4, -0.2) is 69.0 Å². The zero-order valence-corrected chi connectivity index (χ0v) is 23.5. The Morgan fingerprint density at radius 2 is 1.62 bits per heavy atom. The number of fused-ring (bicyclic) bond motifs is 1. The zero-order valence-electron chi connectivity index (χ0n) is 23.5. The summed E-state index contributed by atoms with van der Waals surface area (Å²) in [7, 11) is 0. The van der Waals surface area contributed by atoms with Gasteiger partial charge in [0.2, 0.25) is 17.7 Å². The maximum atomic E-state index is 13.6. The molecule has 2 aromatic rings. The molecule has 1 saturated heterocycles. The van der Waals surface area contributed by atoms with Crippen LogP contribution >= 0.6 is 0 Å². The summed E-state index contributed by atoms with van der Waals surface area (Å²) in [5.41, 5.74) is 2.21. The molecule has 3 atom stereocenters. The molecule has 2 aliphatic heterocycles. The van der Waals surface area contributed by atoms with Gasteiger partial charge in [0.1, 0.15) is 29.5 Å². The lowest BCUT2D eigenvalue weighted by Crippen LogP contribution is -2.56. The Kier molecular flexibility index (Phi) is 8.66. The van der Waals surface area contributed by atoms with E-state index < -0.39 is 41.6 Å². The summed E-state index contributed by atoms with van der Waals surface area (Å²) < 4.78 is 5.44. The Balaban J connectivity index is 1.42. The van der Waals surface area contributed by atoms with Crippen molar-refractivity contribution in [1.82, 2.24) is 20.4 Å². The first-order valence-electron chi connectivity index (χ1n) is 13.6. The van der Waals surface area contributed by atoms with Crippen molar-refractivity contribution in [2.75, 3.05) is 6.54 Å². The summed E-state index contributed by atoms with van der Waals surface area (Å²) in [6.45, 7) is 8.14. The number of likely N-dealkylation sites (tertiary alicyclic amines) is 1. The number of carbonyl (C=O) groups is 4. The first-order chi connectivity index (χ1) is 18.9. The molecule has 2 aliphatic rings. The molecule has 3 unspecified atom stereocenters. The second-order valence-corrected chi connectivity index (χ2v) is 11.5. The number of amides is 4. The quantitative estimate of drug-likeness (QED) is 0.487. The predicted octanol–water partition coefficient (Wildman–Crippen LogP) is 2.87. The fourth-order valence-electron chi connectivity index (χ4n) is 5.03. The van der Waals surface area contributed by atoms with E-state index in [1.807, 2.05) is 24.3 Å². The summed E-state index contributed by atoms with van der Waals surface area (Å²) in [5, 5.41) is 15.2. The lowest BCUT2D eigenvalue weighted by molar-refractivity contribution is -0.138. The van der Waals surface area contributed by atoms with Crippen molar-refractivity contribution < 1.29 is 29.0 Å².